The molecule has 3 aromatic rings. The Kier molecular flexibility index (Phi) is 9.63. The molecule has 1 unspecified atom stereocenters. The lowest BCUT2D eigenvalue weighted by Crippen LogP contribution is -2.24. The van der Waals surface area contributed by atoms with Crippen molar-refractivity contribution in [2.45, 2.75) is 38.9 Å². The van der Waals surface area contributed by atoms with Crippen LogP contribution in [-0.2, 0) is 17.4 Å². The fourth-order valence-corrected chi connectivity index (χ4v) is 4.02. The largest absolute Gasteiger partial charge is 0.497 e. The maximum absolute atomic E-state index is 13.7. The Morgan fingerprint density at radius 1 is 0.947 bits per heavy atom. The number of aliphatic carboxylic acids is 1. The van der Waals surface area contributed by atoms with Crippen molar-refractivity contribution >= 4 is 5.97 Å². The van der Waals surface area contributed by atoms with E-state index in [-0.39, 0.29) is 24.8 Å². The van der Waals surface area contributed by atoms with Crippen LogP contribution in [0.5, 0.6) is 17.2 Å². The molecule has 0 aromatic heterocycles. The predicted molar refractivity (Wildman–Crippen MR) is 139 cm³/mol. The van der Waals surface area contributed by atoms with E-state index in [2.05, 4.69) is 5.32 Å². The molecule has 0 aliphatic heterocycles. The average Bonchev–Trinajstić information content (AvgIpc) is 2.89. The fraction of sp³-hybridized carbons (Fsp3) is 0.345. The van der Waals surface area contributed by atoms with Gasteiger partial charge in [0.05, 0.1) is 19.8 Å². The Bertz CT molecular complexity index is 1240. The van der Waals surface area contributed by atoms with Crippen LogP contribution in [0, 0.1) is 6.92 Å². The Morgan fingerprint density at radius 2 is 1.63 bits per heavy atom. The molecule has 3 aromatic carbocycles. The minimum Gasteiger partial charge on any atom is -0.497 e. The molecule has 0 aliphatic carbocycles. The monoisotopic (exact) mass is 531 g/mol. The number of hydrogen-bond acceptors (Lipinski definition) is 5. The van der Waals surface area contributed by atoms with Crippen LogP contribution < -0.4 is 19.5 Å². The van der Waals surface area contributed by atoms with Gasteiger partial charge in [0.25, 0.3) is 0 Å². The van der Waals surface area contributed by atoms with Crippen LogP contribution in [0.2, 0.25) is 0 Å². The second-order valence-corrected chi connectivity index (χ2v) is 8.95. The van der Waals surface area contributed by atoms with Gasteiger partial charge in [-0.15, -0.1) is 0 Å². The van der Waals surface area contributed by atoms with Gasteiger partial charge in [0.1, 0.15) is 23.9 Å². The van der Waals surface area contributed by atoms with Crippen LogP contribution >= 0.6 is 0 Å². The molecule has 0 radical (unpaired) electrons. The highest BCUT2D eigenvalue weighted by molar-refractivity contribution is 5.69. The normalized spacial score (nSPS) is 12.2. The molecule has 0 fully saturated rings. The maximum atomic E-state index is 13.7. The molecular weight excluding hydrogens is 499 g/mol. The highest BCUT2D eigenvalue weighted by atomic mass is 19.4. The fourth-order valence-electron chi connectivity index (χ4n) is 4.02. The Morgan fingerprint density at radius 3 is 2.24 bits per heavy atom. The summed E-state index contributed by atoms with van der Waals surface area (Å²) in [4.78, 5) is 11.0. The number of rotatable bonds is 12. The summed E-state index contributed by atoms with van der Waals surface area (Å²) in [5.74, 6) is 0.476. The van der Waals surface area contributed by atoms with Gasteiger partial charge < -0.3 is 24.6 Å². The van der Waals surface area contributed by atoms with Gasteiger partial charge in [-0.3, -0.25) is 4.79 Å². The molecule has 0 spiro atoms. The van der Waals surface area contributed by atoms with Gasteiger partial charge in [0.15, 0.2) is 0 Å². The third kappa shape index (κ3) is 7.89. The number of hydrogen-bond donors (Lipinski definition) is 2. The van der Waals surface area contributed by atoms with E-state index in [9.17, 15) is 18.0 Å². The van der Waals surface area contributed by atoms with Crippen molar-refractivity contribution in [3.05, 3.63) is 76.9 Å². The van der Waals surface area contributed by atoms with Crippen LogP contribution in [-0.4, -0.2) is 38.4 Å². The summed E-state index contributed by atoms with van der Waals surface area (Å²) in [6.07, 6.45) is -4.32. The summed E-state index contributed by atoms with van der Waals surface area (Å²) in [5.41, 5.74) is 2.68. The van der Waals surface area contributed by atoms with Crippen molar-refractivity contribution < 1.29 is 37.3 Å². The summed E-state index contributed by atoms with van der Waals surface area (Å²) in [6.45, 7) is 4.33. The number of alkyl halides is 3. The number of halogens is 3. The SMILES string of the molecule is COc1cc(OC)cc(C(C)NCCOc2cc(-c3ccc(C)c(CCC(=O)O)c3)cc(C(F)(F)F)c2)c1. The van der Waals surface area contributed by atoms with E-state index in [1.165, 1.54) is 0 Å². The molecule has 2 N–H and O–H groups in total. The summed E-state index contributed by atoms with van der Waals surface area (Å²) in [7, 11) is 3.14. The average molecular weight is 532 g/mol. The number of carboxylic acid groups (broad SMARTS) is 1. The van der Waals surface area contributed by atoms with E-state index >= 15 is 0 Å². The molecule has 0 saturated heterocycles. The number of methoxy groups -OCH3 is 2. The molecule has 9 heteroatoms. The minimum atomic E-state index is -4.55. The molecule has 3 rings (SSSR count). The molecule has 0 heterocycles. The molecule has 0 aliphatic rings. The van der Waals surface area contributed by atoms with Crippen molar-refractivity contribution in [3.8, 4) is 28.4 Å². The highest BCUT2D eigenvalue weighted by Gasteiger charge is 2.31. The zero-order chi connectivity index (χ0) is 27.9. The first-order valence-electron chi connectivity index (χ1n) is 12.1. The van der Waals surface area contributed by atoms with E-state index in [1.807, 2.05) is 26.0 Å². The molecule has 1 atom stereocenters. The van der Waals surface area contributed by atoms with Crippen LogP contribution in [0.3, 0.4) is 0 Å². The van der Waals surface area contributed by atoms with Gasteiger partial charge in [-0.1, -0.05) is 18.2 Å². The lowest BCUT2D eigenvalue weighted by Gasteiger charge is -2.18. The van der Waals surface area contributed by atoms with Gasteiger partial charge in [-0.25, -0.2) is 0 Å². The molecule has 0 amide bonds. The Hall–Kier alpha value is -3.72. The predicted octanol–water partition coefficient (Wildman–Crippen LogP) is 6.44. The van der Waals surface area contributed by atoms with Crippen molar-refractivity contribution in [2.24, 2.45) is 0 Å². The van der Waals surface area contributed by atoms with E-state index in [1.54, 1.807) is 44.6 Å². The third-order valence-electron chi connectivity index (χ3n) is 6.22. The number of benzene rings is 3. The van der Waals surface area contributed by atoms with E-state index in [4.69, 9.17) is 19.3 Å². The molecule has 0 saturated carbocycles. The van der Waals surface area contributed by atoms with Crippen LogP contribution in [0.25, 0.3) is 11.1 Å². The van der Waals surface area contributed by atoms with Gasteiger partial charge in [0.2, 0.25) is 0 Å². The molecule has 0 bridgehead atoms. The minimum absolute atomic E-state index is 0.0603. The number of carboxylic acids is 1. The quantitative estimate of drug-likeness (QED) is 0.262. The van der Waals surface area contributed by atoms with Gasteiger partial charge in [-0.2, -0.15) is 13.2 Å². The first-order valence-corrected chi connectivity index (χ1v) is 12.1. The second kappa shape index (κ2) is 12.7. The van der Waals surface area contributed by atoms with Gasteiger partial charge in [0, 0.05) is 25.1 Å². The first-order chi connectivity index (χ1) is 18.0. The van der Waals surface area contributed by atoms with Crippen molar-refractivity contribution in [2.75, 3.05) is 27.4 Å². The summed E-state index contributed by atoms with van der Waals surface area (Å²) in [5, 5.41) is 12.3. The zero-order valence-electron chi connectivity index (χ0n) is 21.8. The van der Waals surface area contributed by atoms with Crippen LogP contribution in [0.1, 0.15) is 41.6 Å². The maximum Gasteiger partial charge on any atom is 0.416 e. The van der Waals surface area contributed by atoms with Crippen molar-refractivity contribution in [3.63, 3.8) is 0 Å². The van der Waals surface area contributed by atoms with E-state index < -0.39 is 17.7 Å². The number of aryl methyl sites for hydroxylation is 2. The number of ether oxygens (including phenoxy) is 3. The smallest absolute Gasteiger partial charge is 0.416 e. The number of nitrogens with one attached hydrogen (secondary N) is 1. The highest BCUT2D eigenvalue weighted by Crippen LogP contribution is 2.36. The summed E-state index contributed by atoms with van der Waals surface area (Å²) >= 11 is 0. The Labute approximate surface area is 220 Å². The van der Waals surface area contributed by atoms with E-state index in [0.717, 1.165) is 28.8 Å². The lowest BCUT2D eigenvalue weighted by molar-refractivity contribution is -0.138. The Balaban J connectivity index is 1.74. The third-order valence-corrected chi connectivity index (χ3v) is 6.22. The lowest BCUT2D eigenvalue weighted by atomic mass is 9.96. The van der Waals surface area contributed by atoms with Crippen molar-refractivity contribution in [1.82, 2.24) is 5.32 Å². The standard InChI is InChI=1S/C29H32F3NO5/c1-18-5-6-21(11-20(18)7-8-28(34)35)23-12-24(29(30,31)32)16-27(15-23)38-10-9-33-19(2)22-13-25(36-3)17-26(14-22)37-4/h5-6,11-17,19,33H,7-10H2,1-4H3,(H,34,35). The van der Waals surface area contributed by atoms with Crippen LogP contribution in [0.4, 0.5) is 13.2 Å². The summed E-state index contributed by atoms with van der Waals surface area (Å²) in [6, 6.07) is 14.3. The molecule has 204 valence electrons. The van der Waals surface area contributed by atoms with Gasteiger partial charge in [-0.05, 0) is 78.4 Å². The number of carbonyl (C=O) groups is 1. The topological polar surface area (TPSA) is 77.0 Å². The van der Waals surface area contributed by atoms with Gasteiger partial charge >= 0.3 is 12.1 Å². The zero-order valence-corrected chi connectivity index (χ0v) is 21.8. The second-order valence-electron chi connectivity index (χ2n) is 8.95. The first kappa shape index (κ1) is 28.8. The molecule has 38 heavy (non-hydrogen) atoms. The van der Waals surface area contributed by atoms with Crippen molar-refractivity contribution in [1.29, 1.82) is 0 Å². The summed E-state index contributed by atoms with van der Waals surface area (Å²) < 4.78 is 57.3. The molecular formula is C29H32F3NO5. The van der Waals surface area contributed by atoms with E-state index in [0.29, 0.717) is 35.6 Å². The van der Waals surface area contributed by atoms with Crippen LogP contribution in [0.15, 0.2) is 54.6 Å². The molecule has 6 nitrogen and oxygen atoms in total.